The average Bonchev–Trinajstić information content (AvgIpc) is 3.80. The van der Waals surface area contributed by atoms with Crippen molar-refractivity contribution < 1.29 is 4.42 Å². The molecule has 7 aromatic carbocycles. The zero-order chi connectivity index (χ0) is 33.8. The van der Waals surface area contributed by atoms with Crippen LogP contribution in [0.25, 0.3) is 93.8 Å². The molecule has 3 heteroatoms. The van der Waals surface area contributed by atoms with Gasteiger partial charge in [-0.05, 0) is 75.8 Å². The number of pyridine rings is 1. The Labute approximate surface area is 295 Å². The minimum absolute atomic E-state index is 0.0734. The smallest absolute Gasteiger partial charge is 0.159 e. The van der Waals surface area contributed by atoms with E-state index >= 15 is 0 Å². The second-order valence-electron chi connectivity index (χ2n) is 14.3. The van der Waals surface area contributed by atoms with Crippen LogP contribution < -0.4 is 0 Å². The number of aromatic nitrogens is 2. The first-order valence-corrected chi connectivity index (χ1v) is 17.6. The van der Waals surface area contributed by atoms with E-state index < -0.39 is 0 Å². The van der Waals surface area contributed by atoms with Gasteiger partial charge in [-0.25, -0.2) is 4.98 Å². The molecule has 0 spiro atoms. The number of nitrogens with zero attached hydrogens (tertiary/aromatic N) is 2. The molecule has 3 nitrogen and oxygen atoms in total. The van der Waals surface area contributed by atoms with Crippen LogP contribution in [0.1, 0.15) is 25.0 Å². The van der Waals surface area contributed by atoms with Crippen LogP contribution in [-0.4, -0.2) is 9.55 Å². The molecule has 240 valence electrons. The Morgan fingerprint density at radius 1 is 0.510 bits per heavy atom. The SMILES string of the molecule is CC1(C)c2ccccc2-c2cc3c(cc21)c1ccccc1n3-c1cccc2c1oc1cccc(-c3cc(-c4ccccc4)nc4ccccc34)c12. The molecule has 11 rings (SSSR count). The minimum Gasteiger partial charge on any atom is -0.454 e. The third-order valence-electron chi connectivity index (χ3n) is 11.2. The lowest BCUT2D eigenvalue weighted by Gasteiger charge is -2.21. The molecule has 1 aliphatic rings. The summed E-state index contributed by atoms with van der Waals surface area (Å²) in [5, 5.41) is 5.83. The molecule has 3 heterocycles. The third-order valence-corrected chi connectivity index (χ3v) is 11.2. The Morgan fingerprint density at radius 2 is 1.24 bits per heavy atom. The van der Waals surface area contributed by atoms with Crippen LogP contribution in [0.2, 0.25) is 0 Å². The number of furan rings is 1. The fraction of sp³-hybridized carbons (Fsp3) is 0.0625. The number of benzene rings is 7. The second-order valence-corrected chi connectivity index (χ2v) is 14.3. The van der Waals surface area contributed by atoms with Crippen molar-refractivity contribution >= 4 is 54.6 Å². The van der Waals surface area contributed by atoms with Gasteiger partial charge in [0, 0.05) is 37.9 Å². The van der Waals surface area contributed by atoms with Gasteiger partial charge in [-0.2, -0.15) is 0 Å². The van der Waals surface area contributed by atoms with E-state index in [1.165, 1.54) is 44.1 Å². The number of hydrogen-bond acceptors (Lipinski definition) is 2. The number of hydrogen-bond donors (Lipinski definition) is 0. The average molecular weight is 653 g/mol. The molecular weight excluding hydrogens is 621 g/mol. The van der Waals surface area contributed by atoms with Gasteiger partial charge in [0.05, 0.1) is 27.9 Å². The van der Waals surface area contributed by atoms with Crippen LogP contribution in [0.5, 0.6) is 0 Å². The van der Waals surface area contributed by atoms with Crippen molar-refractivity contribution in [3.05, 3.63) is 169 Å². The Bertz CT molecular complexity index is 3050. The maximum Gasteiger partial charge on any atom is 0.159 e. The van der Waals surface area contributed by atoms with Gasteiger partial charge in [-0.1, -0.05) is 129 Å². The van der Waals surface area contributed by atoms with Crippen LogP contribution in [-0.2, 0) is 5.41 Å². The minimum atomic E-state index is -0.0734. The molecule has 0 fully saturated rings. The van der Waals surface area contributed by atoms with Gasteiger partial charge in [0.1, 0.15) is 5.58 Å². The highest BCUT2D eigenvalue weighted by Gasteiger charge is 2.36. The molecule has 0 atom stereocenters. The maximum absolute atomic E-state index is 6.94. The summed E-state index contributed by atoms with van der Waals surface area (Å²) in [4.78, 5) is 5.09. The molecule has 51 heavy (non-hydrogen) atoms. The third kappa shape index (κ3) is 3.92. The predicted molar refractivity (Wildman–Crippen MR) is 212 cm³/mol. The largest absolute Gasteiger partial charge is 0.454 e. The summed E-state index contributed by atoms with van der Waals surface area (Å²) >= 11 is 0. The van der Waals surface area contributed by atoms with Crippen molar-refractivity contribution in [2.75, 3.05) is 0 Å². The summed E-state index contributed by atoms with van der Waals surface area (Å²) in [5.41, 5.74) is 15.8. The van der Waals surface area contributed by atoms with E-state index in [9.17, 15) is 0 Å². The molecule has 0 unspecified atom stereocenters. The maximum atomic E-state index is 6.94. The molecule has 3 aromatic heterocycles. The lowest BCUT2D eigenvalue weighted by molar-refractivity contribution is 0.661. The Hall–Kier alpha value is -6.45. The van der Waals surface area contributed by atoms with Crippen LogP contribution in [0.15, 0.2) is 162 Å². The fourth-order valence-corrected chi connectivity index (χ4v) is 8.81. The van der Waals surface area contributed by atoms with Crippen molar-refractivity contribution in [3.8, 4) is 39.2 Å². The topological polar surface area (TPSA) is 31.0 Å². The molecule has 0 radical (unpaired) electrons. The van der Waals surface area contributed by atoms with Crippen molar-refractivity contribution in [1.29, 1.82) is 0 Å². The monoisotopic (exact) mass is 652 g/mol. The van der Waals surface area contributed by atoms with Crippen LogP contribution in [0.4, 0.5) is 0 Å². The van der Waals surface area contributed by atoms with Crippen molar-refractivity contribution in [3.63, 3.8) is 0 Å². The molecule has 0 bridgehead atoms. The first-order valence-electron chi connectivity index (χ1n) is 17.6. The van der Waals surface area contributed by atoms with Crippen LogP contribution >= 0.6 is 0 Å². The van der Waals surface area contributed by atoms with E-state index in [2.05, 4.69) is 170 Å². The van der Waals surface area contributed by atoms with Gasteiger partial charge >= 0.3 is 0 Å². The predicted octanol–water partition coefficient (Wildman–Crippen LogP) is 12.9. The molecule has 0 saturated carbocycles. The molecule has 10 aromatic rings. The Balaban J connectivity index is 1.20. The van der Waals surface area contributed by atoms with E-state index in [1.807, 2.05) is 6.07 Å². The molecule has 1 aliphatic carbocycles. The number of rotatable bonds is 3. The Kier molecular flexibility index (Phi) is 5.73. The van der Waals surface area contributed by atoms with Gasteiger partial charge in [-0.15, -0.1) is 0 Å². The zero-order valence-corrected chi connectivity index (χ0v) is 28.3. The van der Waals surface area contributed by atoms with Gasteiger partial charge < -0.3 is 8.98 Å². The zero-order valence-electron chi connectivity index (χ0n) is 28.3. The molecule has 0 aliphatic heterocycles. The number of fused-ring (bicyclic) bond motifs is 10. The Morgan fingerprint density at radius 3 is 2.14 bits per heavy atom. The summed E-state index contributed by atoms with van der Waals surface area (Å²) in [6, 6.07) is 56.7. The fourth-order valence-electron chi connectivity index (χ4n) is 8.81. The summed E-state index contributed by atoms with van der Waals surface area (Å²) in [7, 11) is 0. The molecular formula is C48H32N2O. The lowest BCUT2D eigenvalue weighted by Crippen LogP contribution is -2.14. The van der Waals surface area contributed by atoms with E-state index in [0.29, 0.717) is 0 Å². The van der Waals surface area contributed by atoms with Gasteiger partial charge in [0.2, 0.25) is 0 Å². The van der Waals surface area contributed by atoms with Crippen LogP contribution in [0.3, 0.4) is 0 Å². The lowest BCUT2D eigenvalue weighted by atomic mass is 9.82. The first kappa shape index (κ1) is 28.4. The van der Waals surface area contributed by atoms with E-state index in [-0.39, 0.29) is 5.41 Å². The highest BCUT2D eigenvalue weighted by molar-refractivity contribution is 6.18. The molecule has 0 N–H and O–H groups in total. The van der Waals surface area contributed by atoms with Gasteiger partial charge in [-0.3, -0.25) is 0 Å². The van der Waals surface area contributed by atoms with Crippen molar-refractivity contribution in [2.45, 2.75) is 19.3 Å². The van der Waals surface area contributed by atoms with Gasteiger partial charge in [0.25, 0.3) is 0 Å². The standard InChI is InChI=1S/C48H32N2O/c1-48(2)38-21-9-6-16-30(38)36-28-44-37(26-39(36)48)32-18-8-11-23-42(32)50(44)43-24-12-20-34-46-33(19-13-25-45(46)51-47(34)43)35-27-41(29-14-4-3-5-15-29)49-40-22-10-7-17-31(35)40/h3-28H,1-2H3. The quantitative estimate of drug-likeness (QED) is 0.190. The number of para-hydroxylation sites is 3. The van der Waals surface area contributed by atoms with Gasteiger partial charge in [0.15, 0.2) is 5.58 Å². The van der Waals surface area contributed by atoms with E-state index in [1.54, 1.807) is 0 Å². The van der Waals surface area contributed by atoms with Crippen LogP contribution in [0, 0.1) is 0 Å². The summed E-state index contributed by atoms with van der Waals surface area (Å²) < 4.78 is 9.36. The van der Waals surface area contributed by atoms with Crippen molar-refractivity contribution in [2.24, 2.45) is 0 Å². The molecule has 0 amide bonds. The summed E-state index contributed by atoms with van der Waals surface area (Å²) in [6.07, 6.45) is 0. The summed E-state index contributed by atoms with van der Waals surface area (Å²) in [6.45, 7) is 4.70. The second kappa shape index (κ2) is 10.3. The normalized spacial score (nSPS) is 13.5. The summed E-state index contributed by atoms with van der Waals surface area (Å²) in [5.74, 6) is 0. The molecule has 0 saturated heterocycles. The first-order chi connectivity index (χ1) is 25.1. The van der Waals surface area contributed by atoms with E-state index in [4.69, 9.17) is 9.40 Å². The van der Waals surface area contributed by atoms with E-state index in [0.717, 1.165) is 60.9 Å². The van der Waals surface area contributed by atoms with Crippen molar-refractivity contribution in [1.82, 2.24) is 9.55 Å². The highest BCUT2D eigenvalue weighted by Crippen LogP contribution is 2.51. The highest BCUT2D eigenvalue weighted by atomic mass is 16.3.